The van der Waals surface area contributed by atoms with Crippen molar-refractivity contribution in [3.05, 3.63) is 94.9 Å². The van der Waals surface area contributed by atoms with E-state index in [1.54, 1.807) is 18.2 Å². The first kappa shape index (κ1) is 19.9. The zero-order valence-electron chi connectivity index (χ0n) is 17.0. The molecule has 0 aliphatic carbocycles. The molecule has 1 unspecified atom stereocenters. The molecule has 152 valence electrons. The van der Waals surface area contributed by atoms with Gasteiger partial charge < -0.3 is 14.6 Å². The minimum absolute atomic E-state index is 0.167. The van der Waals surface area contributed by atoms with Crippen molar-refractivity contribution < 1.29 is 15.0 Å². The molecule has 2 N–H and O–H groups in total. The molecule has 0 aliphatic heterocycles. The second-order valence-corrected chi connectivity index (χ2v) is 7.49. The predicted molar refractivity (Wildman–Crippen MR) is 117 cm³/mol. The van der Waals surface area contributed by atoms with Gasteiger partial charge in [-0.05, 0) is 47.7 Å². The standard InChI is InChI=1S/C25H24N2O3/c1-3-7-19-15-27-22(26-19)13-10-16(2)23(27)24(28)18-11-12-20(21(14-18)25(29)30)17-8-5-4-6-9-17/h4-6,8-15,24,28H,3,7H2,1-2H3,(H,29,30). The van der Waals surface area contributed by atoms with E-state index in [1.165, 1.54) is 0 Å². The second kappa shape index (κ2) is 8.13. The number of carbonyl (C=O) groups is 1. The van der Waals surface area contributed by atoms with Crippen molar-refractivity contribution in [2.24, 2.45) is 0 Å². The minimum Gasteiger partial charge on any atom is -0.478 e. The van der Waals surface area contributed by atoms with Crippen LogP contribution in [0, 0.1) is 6.92 Å². The van der Waals surface area contributed by atoms with Gasteiger partial charge in [0, 0.05) is 6.20 Å². The van der Waals surface area contributed by atoms with Crippen LogP contribution in [0.25, 0.3) is 16.8 Å². The molecule has 0 saturated carbocycles. The highest BCUT2D eigenvalue weighted by Gasteiger charge is 2.21. The first-order chi connectivity index (χ1) is 14.5. The summed E-state index contributed by atoms with van der Waals surface area (Å²) in [5.74, 6) is -1.02. The summed E-state index contributed by atoms with van der Waals surface area (Å²) in [5.41, 5.74) is 5.52. The van der Waals surface area contributed by atoms with Gasteiger partial charge in [0.25, 0.3) is 0 Å². The zero-order chi connectivity index (χ0) is 21.3. The Morgan fingerprint density at radius 1 is 1.10 bits per heavy atom. The molecular weight excluding hydrogens is 376 g/mol. The Kier molecular flexibility index (Phi) is 5.38. The third kappa shape index (κ3) is 3.60. The van der Waals surface area contributed by atoms with Crippen molar-refractivity contribution in [1.82, 2.24) is 9.38 Å². The lowest BCUT2D eigenvalue weighted by molar-refractivity contribution is 0.0697. The van der Waals surface area contributed by atoms with Crippen molar-refractivity contribution in [3.8, 4) is 11.1 Å². The van der Waals surface area contributed by atoms with Gasteiger partial charge in [-0.1, -0.05) is 61.9 Å². The van der Waals surface area contributed by atoms with E-state index in [9.17, 15) is 15.0 Å². The van der Waals surface area contributed by atoms with Crippen LogP contribution in [0.3, 0.4) is 0 Å². The van der Waals surface area contributed by atoms with Gasteiger partial charge in [0.1, 0.15) is 11.8 Å². The van der Waals surface area contributed by atoms with Gasteiger partial charge in [-0.15, -0.1) is 0 Å². The van der Waals surface area contributed by atoms with Gasteiger partial charge in [-0.3, -0.25) is 0 Å². The van der Waals surface area contributed by atoms with Crippen LogP contribution >= 0.6 is 0 Å². The number of aromatic carboxylic acids is 1. The van der Waals surface area contributed by atoms with Crippen LogP contribution < -0.4 is 0 Å². The molecule has 0 aliphatic rings. The number of rotatable bonds is 6. The van der Waals surface area contributed by atoms with E-state index in [2.05, 4.69) is 11.9 Å². The number of aromatic nitrogens is 2. The average molecular weight is 400 g/mol. The average Bonchev–Trinajstić information content (AvgIpc) is 3.16. The Morgan fingerprint density at radius 3 is 2.57 bits per heavy atom. The molecule has 2 aromatic carbocycles. The van der Waals surface area contributed by atoms with Crippen molar-refractivity contribution in [2.75, 3.05) is 0 Å². The fraction of sp³-hybridized carbons (Fsp3) is 0.200. The number of aliphatic hydroxyl groups is 1. The number of fused-ring (bicyclic) bond motifs is 1. The molecule has 5 heteroatoms. The smallest absolute Gasteiger partial charge is 0.336 e. The molecule has 0 bridgehead atoms. The van der Waals surface area contributed by atoms with Gasteiger partial charge in [0.2, 0.25) is 0 Å². The maximum Gasteiger partial charge on any atom is 0.336 e. The van der Waals surface area contributed by atoms with E-state index in [0.717, 1.165) is 35.3 Å². The van der Waals surface area contributed by atoms with E-state index in [1.807, 2.05) is 60.0 Å². The monoisotopic (exact) mass is 400 g/mol. The number of aryl methyl sites for hydroxylation is 2. The summed E-state index contributed by atoms with van der Waals surface area (Å²) < 4.78 is 1.91. The Morgan fingerprint density at radius 2 is 1.87 bits per heavy atom. The third-order valence-corrected chi connectivity index (χ3v) is 5.37. The van der Waals surface area contributed by atoms with E-state index in [0.29, 0.717) is 16.8 Å². The quantitative estimate of drug-likeness (QED) is 0.475. The van der Waals surface area contributed by atoms with E-state index < -0.39 is 12.1 Å². The number of carboxylic acid groups (broad SMARTS) is 1. The molecule has 4 rings (SSSR count). The minimum atomic E-state index is -1.02. The molecule has 0 fully saturated rings. The van der Waals surface area contributed by atoms with Crippen molar-refractivity contribution in [1.29, 1.82) is 0 Å². The Hall–Kier alpha value is -3.44. The Labute approximate surface area is 175 Å². The summed E-state index contributed by atoms with van der Waals surface area (Å²) in [6.45, 7) is 4.04. The first-order valence-corrected chi connectivity index (χ1v) is 10.1. The lowest BCUT2D eigenvalue weighted by Gasteiger charge is -2.18. The van der Waals surface area contributed by atoms with E-state index in [-0.39, 0.29) is 5.56 Å². The number of hydrogen-bond acceptors (Lipinski definition) is 3. The fourth-order valence-electron chi connectivity index (χ4n) is 3.89. The molecule has 2 aromatic heterocycles. The second-order valence-electron chi connectivity index (χ2n) is 7.49. The van der Waals surface area contributed by atoms with Crippen molar-refractivity contribution >= 4 is 11.6 Å². The van der Waals surface area contributed by atoms with E-state index in [4.69, 9.17) is 0 Å². The first-order valence-electron chi connectivity index (χ1n) is 10.1. The van der Waals surface area contributed by atoms with Gasteiger partial charge in [-0.2, -0.15) is 0 Å². The van der Waals surface area contributed by atoms with Crippen LogP contribution in [0.15, 0.2) is 66.9 Å². The molecule has 1 atom stereocenters. The van der Waals surface area contributed by atoms with Gasteiger partial charge in [0.15, 0.2) is 0 Å². The molecule has 0 saturated heterocycles. The summed E-state index contributed by atoms with van der Waals surface area (Å²) in [7, 11) is 0. The summed E-state index contributed by atoms with van der Waals surface area (Å²) in [5, 5.41) is 21.0. The number of benzene rings is 2. The zero-order valence-corrected chi connectivity index (χ0v) is 17.0. The normalized spacial score (nSPS) is 12.2. The SMILES string of the molecule is CCCc1cn2c(C(O)c3ccc(-c4ccccc4)c(C(=O)O)c3)c(C)ccc2n1. The van der Waals surface area contributed by atoms with Crippen LogP contribution in [0.2, 0.25) is 0 Å². The predicted octanol–water partition coefficient (Wildman–Crippen LogP) is 5.04. The van der Waals surface area contributed by atoms with E-state index >= 15 is 0 Å². The molecule has 0 amide bonds. The summed E-state index contributed by atoms with van der Waals surface area (Å²) in [6, 6.07) is 18.4. The molecular formula is C25H24N2O3. The summed E-state index contributed by atoms with van der Waals surface area (Å²) in [4.78, 5) is 16.6. The Bertz CT molecular complexity index is 1210. The van der Waals surface area contributed by atoms with Crippen molar-refractivity contribution in [2.45, 2.75) is 32.8 Å². The van der Waals surface area contributed by atoms with Gasteiger partial charge >= 0.3 is 5.97 Å². The number of carboxylic acids is 1. The molecule has 2 heterocycles. The number of pyridine rings is 1. The molecule has 0 spiro atoms. The highest BCUT2D eigenvalue weighted by molar-refractivity contribution is 5.96. The maximum absolute atomic E-state index is 12.0. The lowest BCUT2D eigenvalue weighted by Crippen LogP contribution is -2.10. The summed E-state index contributed by atoms with van der Waals surface area (Å²) >= 11 is 0. The summed E-state index contributed by atoms with van der Waals surface area (Å²) in [6.07, 6.45) is 2.84. The third-order valence-electron chi connectivity index (χ3n) is 5.37. The van der Waals surface area contributed by atoms with Crippen LogP contribution in [0.1, 0.15) is 52.3 Å². The molecule has 0 radical (unpaired) electrons. The lowest BCUT2D eigenvalue weighted by atomic mass is 9.94. The molecule has 4 aromatic rings. The number of hydrogen-bond donors (Lipinski definition) is 2. The molecule has 5 nitrogen and oxygen atoms in total. The largest absolute Gasteiger partial charge is 0.478 e. The highest BCUT2D eigenvalue weighted by Crippen LogP contribution is 2.31. The van der Waals surface area contributed by atoms with Gasteiger partial charge in [-0.25, -0.2) is 9.78 Å². The Balaban J connectivity index is 1.82. The number of imidazole rings is 1. The number of aliphatic hydroxyl groups excluding tert-OH is 1. The van der Waals surface area contributed by atoms with Gasteiger partial charge in [0.05, 0.1) is 17.0 Å². The molecule has 30 heavy (non-hydrogen) atoms. The van der Waals surface area contributed by atoms with Crippen LogP contribution in [0.5, 0.6) is 0 Å². The maximum atomic E-state index is 12.0. The highest BCUT2D eigenvalue weighted by atomic mass is 16.4. The van der Waals surface area contributed by atoms with Crippen LogP contribution in [-0.4, -0.2) is 25.6 Å². The number of nitrogens with zero attached hydrogens (tertiary/aromatic N) is 2. The van der Waals surface area contributed by atoms with Crippen LogP contribution in [-0.2, 0) is 6.42 Å². The van der Waals surface area contributed by atoms with Crippen molar-refractivity contribution in [3.63, 3.8) is 0 Å². The fourth-order valence-corrected chi connectivity index (χ4v) is 3.89. The van der Waals surface area contributed by atoms with Crippen LogP contribution in [0.4, 0.5) is 0 Å². The topological polar surface area (TPSA) is 74.8 Å².